The molecule has 0 atom stereocenters. The zero-order valence-electron chi connectivity index (χ0n) is 17.4. The number of unbranched alkanes of at least 4 members (excludes halogenated alkanes) is 1. The second-order valence-corrected chi connectivity index (χ2v) is 7.75. The maximum atomic E-state index is 7.65. The number of rotatable bonds is 8. The first-order chi connectivity index (χ1) is 14.0. The third-order valence-electron chi connectivity index (χ3n) is 5.44. The molecule has 2 aromatic carbocycles. The molecule has 0 heterocycles. The summed E-state index contributed by atoms with van der Waals surface area (Å²) < 4.78 is 0. The molecule has 0 unspecified atom stereocenters. The van der Waals surface area contributed by atoms with Gasteiger partial charge < -0.3 is 16.9 Å². The molecule has 2 aromatic rings. The number of nitrogens with one attached hydrogen (secondary N) is 1. The summed E-state index contributed by atoms with van der Waals surface area (Å²) in [5.41, 5.74) is 20.2. The number of hydrogen-bond donors (Lipinski definition) is 3. The fourth-order valence-corrected chi connectivity index (χ4v) is 3.46. The standard InChI is InChI=1S/C26H31N3/c1-3-4-8-24(28)12-13-25(22-11-14-26(29)23(16-22)17-27)18(2)20-6-5-7-21(15-20)19-9-10-19/h5-8,11-17,19,27H,3-4,9-10,28-29H2,1-2H3/b13-12-,24-8-,25-18-,27-17?. The normalized spacial score (nSPS) is 15.4. The van der Waals surface area contributed by atoms with Crippen molar-refractivity contribution in [2.45, 2.75) is 45.4 Å². The van der Waals surface area contributed by atoms with Crippen LogP contribution in [0.25, 0.3) is 11.1 Å². The van der Waals surface area contributed by atoms with E-state index in [0.29, 0.717) is 5.69 Å². The summed E-state index contributed by atoms with van der Waals surface area (Å²) in [4.78, 5) is 0. The van der Waals surface area contributed by atoms with Crippen LogP contribution >= 0.6 is 0 Å². The first kappa shape index (κ1) is 20.7. The highest BCUT2D eigenvalue weighted by molar-refractivity contribution is 5.97. The van der Waals surface area contributed by atoms with Gasteiger partial charge in [0.05, 0.1) is 0 Å². The number of hydrogen-bond acceptors (Lipinski definition) is 3. The van der Waals surface area contributed by atoms with E-state index < -0.39 is 0 Å². The molecule has 5 N–H and O–H groups in total. The van der Waals surface area contributed by atoms with Crippen molar-refractivity contribution in [1.82, 2.24) is 0 Å². The van der Waals surface area contributed by atoms with Crippen LogP contribution in [-0.4, -0.2) is 6.21 Å². The van der Waals surface area contributed by atoms with Gasteiger partial charge in [-0.3, -0.25) is 0 Å². The van der Waals surface area contributed by atoms with Crippen LogP contribution in [0.4, 0.5) is 5.69 Å². The van der Waals surface area contributed by atoms with Crippen molar-refractivity contribution in [1.29, 1.82) is 5.41 Å². The van der Waals surface area contributed by atoms with E-state index in [0.717, 1.165) is 41.2 Å². The van der Waals surface area contributed by atoms with Crippen molar-refractivity contribution in [2.75, 3.05) is 5.73 Å². The Kier molecular flexibility index (Phi) is 6.71. The molecule has 3 nitrogen and oxygen atoms in total. The van der Waals surface area contributed by atoms with Crippen molar-refractivity contribution < 1.29 is 0 Å². The van der Waals surface area contributed by atoms with Gasteiger partial charge in [0, 0.05) is 23.2 Å². The van der Waals surface area contributed by atoms with Crippen LogP contribution in [0, 0.1) is 5.41 Å². The van der Waals surface area contributed by atoms with E-state index in [1.54, 1.807) is 0 Å². The molecule has 3 rings (SSSR count). The lowest BCUT2D eigenvalue weighted by atomic mass is 9.92. The Morgan fingerprint density at radius 3 is 2.59 bits per heavy atom. The zero-order valence-corrected chi connectivity index (χ0v) is 17.4. The number of anilines is 1. The summed E-state index contributed by atoms with van der Waals surface area (Å²) in [6.07, 6.45) is 12.0. The second-order valence-electron chi connectivity index (χ2n) is 7.75. The third kappa shape index (κ3) is 5.26. The Balaban J connectivity index is 2.08. The summed E-state index contributed by atoms with van der Waals surface area (Å²) in [7, 11) is 0. The molecule has 0 radical (unpaired) electrons. The maximum Gasteiger partial charge on any atom is 0.0403 e. The highest BCUT2D eigenvalue weighted by Crippen LogP contribution is 2.41. The van der Waals surface area contributed by atoms with Crippen molar-refractivity contribution >= 4 is 23.0 Å². The summed E-state index contributed by atoms with van der Waals surface area (Å²) in [5, 5.41) is 7.65. The molecule has 1 fully saturated rings. The number of allylic oxidation sites excluding steroid dienone is 5. The third-order valence-corrected chi connectivity index (χ3v) is 5.44. The Bertz CT molecular complexity index is 975. The van der Waals surface area contributed by atoms with Crippen LogP contribution in [0.2, 0.25) is 0 Å². The number of nitrogen functional groups attached to an aromatic ring is 1. The van der Waals surface area contributed by atoms with Crippen molar-refractivity contribution in [3.63, 3.8) is 0 Å². The predicted octanol–water partition coefficient (Wildman–Crippen LogP) is 6.27. The molecular formula is C26H31N3. The predicted molar refractivity (Wildman–Crippen MR) is 126 cm³/mol. The van der Waals surface area contributed by atoms with E-state index in [4.69, 9.17) is 16.9 Å². The zero-order chi connectivity index (χ0) is 20.8. The lowest BCUT2D eigenvalue weighted by molar-refractivity contribution is 0.950. The Labute approximate surface area is 174 Å². The van der Waals surface area contributed by atoms with Gasteiger partial charge in [-0.15, -0.1) is 0 Å². The van der Waals surface area contributed by atoms with Crippen LogP contribution in [-0.2, 0) is 0 Å². The van der Waals surface area contributed by atoms with Crippen LogP contribution in [0.5, 0.6) is 0 Å². The molecule has 0 saturated heterocycles. The van der Waals surface area contributed by atoms with E-state index >= 15 is 0 Å². The first-order valence-electron chi connectivity index (χ1n) is 10.4. The molecule has 3 heteroatoms. The molecule has 1 aliphatic carbocycles. The first-order valence-corrected chi connectivity index (χ1v) is 10.4. The van der Waals surface area contributed by atoms with Crippen molar-refractivity contribution in [2.24, 2.45) is 5.73 Å². The van der Waals surface area contributed by atoms with Gasteiger partial charge in [-0.2, -0.15) is 0 Å². The lowest BCUT2D eigenvalue weighted by Gasteiger charge is -2.13. The van der Waals surface area contributed by atoms with Crippen molar-refractivity contribution in [3.8, 4) is 0 Å². The Morgan fingerprint density at radius 2 is 1.90 bits per heavy atom. The smallest absolute Gasteiger partial charge is 0.0403 e. The monoisotopic (exact) mass is 385 g/mol. The maximum absolute atomic E-state index is 7.65. The molecule has 0 bridgehead atoms. The van der Waals surface area contributed by atoms with Crippen LogP contribution in [0.1, 0.15) is 67.7 Å². The fourth-order valence-electron chi connectivity index (χ4n) is 3.46. The molecule has 1 aliphatic rings. The summed E-state index contributed by atoms with van der Waals surface area (Å²) in [6, 6.07) is 14.7. The van der Waals surface area contributed by atoms with Crippen LogP contribution in [0.3, 0.4) is 0 Å². The van der Waals surface area contributed by atoms with Gasteiger partial charge in [-0.25, -0.2) is 0 Å². The minimum Gasteiger partial charge on any atom is -0.399 e. The molecular weight excluding hydrogens is 354 g/mol. The van der Waals surface area contributed by atoms with E-state index in [-0.39, 0.29) is 0 Å². The minimum absolute atomic E-state index is 0.614. The second kappa shape index (κ2) is 9.42. The van der Waals surface area contributed by atoms with Gasteiger partial charge in [-0.05, 0) is 78.1 Å². The van der Waals surface area contributed by atoms with Crippen LogP contribution < -0.4 is 11.5 Å². The lowest BCUT2D eigenvalue weighted by Crippen LogP contribution is -1.97. The molecule has 29 heavy (non-hydrogen) atoms. The SMILES string of the molecule is CCC/C=C(N)/C=C\C(=C(/C)c1cccc(C2CC2)c1)c1ccc(N)c(C=N)c1. The van der Waals surface area contributed by atoms with E-state index in [1.807, 2.05) is 24.3 Å². The van der Waals surface area contributed by atoms with Gasteiger partial charge in [-0.1, -0.05) is 55.8 Å². The fraction of sp³-hybridized carbons (Fsp3) is 0.269. The molecule has 0 spiro atoms. The number of nitrogens with two attached hydrogens (primary N) is 2. The number of benzene rings is 2. The van der Waals surface area contributed by atoms with Gasteiger partial charge in [0.15, 0.2) is 0 Å². The van der Waals surface area contributed by atoms with E-state index in [2.05, 4.69) is 50.3 Å². The highest BCUT2D eigenvalue weighted by Gasteiger charge is 2.23. The molecule has 0 aromatic heterocycles. The summed E-state index contributed by atoms with van der Waals surface area (Å²) >= 11 is 0. The largest absolute Gasteiger partial charge is 0.399 e. The molecule has 0 aliphatic heterocycles. The molecule has 0 amide bonds. The summed E-state index contributed by atoms with van der Waals surface area (Å²) in [5.74, 6) is 0.718. The topological polar surface area (TPSA) is 75.9 Å². The molecule has 150 valence electrons. The van der Waals surface area contributed by atoms with Gasteiger partial charge in [0.1, 0.15) is 0 Å². The highest BCUT2D eigenvalue weighted by atomic mass is 14.6. The average molecular weight is 386 g/mol. The Morgan fingerprint density at radius 1 is 1.10 bits per heavy atom. The Hall–Kier alpha value is -3.07. The van der Waals surface area contributed by atoms with Gasteiger partial charge >= 0.3 is 0 Å². The van der Waals surface area contributed by atoms with E-state index in [9.17, 15) is 0 Å². The summed E-state index contributed by atoms with van der Waals surface area (Å²) in [6.45, 7) is 4.29. The van der Waals surface area contributed by atoms with Gasteiger partial charge in [0.2, 0.25) is 0 Å². The molecule has 1 saturated carbocycles. The van der Waals surface area contributed by atoms with Crippen LogP contribution in [0.15, 0.2) is 66.4 Å². The minimum atomic E-state index is 0.614. The quantitative estimate of drug-likeness (QED) is 0.217. The average Bonchev–Trinajstić information content (AvgIpc) is 3.58. The van der Waals surface area contributed by atoms with Gasteiger partial charge in [0.25, 0.3) is 0 Å². The van der Waals surface area contributed by atoms with E-state index in [1.165, 1.54) is 35.8 Å². The van der Waals surface area contributed by atoms with Crippen molar-refractivity contribution in [3.05, 3.63) is 88.6 Å².